The minimum absolute atomic E-state index is 0.0230. The molecule has 2 aromatic heterocycles. The number of hydrogen-bond acceptors (Lipinski definition) is 2. The van der Waals surface area contributed by atoms with Crippen molar-refractivity contribution < 1.29 is 9.90 Å². The van der Waals surface area contributed by atoms with Crippen LogP contribution in [0.2, 0.25) is 0 Å². The molecule has 0 aromatic carbocycles. The molecule has 0 radical (unpaired) electrons. The third kappa shape index (κ3) is 1.46. The molecule has 0 unspecified atom stereocenters. The highest BCUT2D eigenvalue weighted by Crippen LogP contribution is 2.14. The molecule has 0 aliphatic heterocycles. The minimum atomic E-state index is -0.854. The Kier molecular flexibility index (Phi) is 1.96. The van der Waals surface area contributed by atoms with Crippen molar-refractivity contribution in [3.63, 3.8) is 0 Å². The van der Waals surface area contributed by atoms with Gasteiger partial charge in [-0.1, -0.05) is 0 Å². The molecule has 0 spiro atoms. The molecule has 0 fully saturated rings. The second kappa shape index (κ2) is 3.14. The Bertz CT molecular complexity index is 488. The van der Waals surface area contributed by atoms with Crippen molar-refractivity contribution >= 4 is 16.9 Å². The highest BCUT2D eigenvalue weighted by molar-refractivity contribution is 5.80. The van der Waals surface area contributed by atoms with Crippen molar-refractivity contribution in [2.75, 3.05) is 0 Å². The number of rotatable bonds is 2. The van der Waals surface area contributed by atoms with Gasteiger partial charge in [-0.05, 0) is 12.1 Å². The predicted octanol–water partition coefficient (Wildman–Crippen LogP) is 1.20. The zero-order chi connectivity index (χ0) is 10.1. The second-order valence-electron chi connectivity index (χ2n) is 3.23. The van der Waals surface area contributed by atoms with Crippen LogP contribution in [0.3, 0.4) is 0 Å². The zero-order valence-corrected chi connectivity index (χ0v) is 7.77. The first-order valence-corrected chi connectivity index (χ1v) is 4.28. The number of aliphatic carboxylic acids is 1. The summed E-state index contributed by atoms with van der Waals surface area (Å²) in [6.45, 7) is 0. The van der Waals surface area contributed by atoms with Crippen molar-refractivity contribution in [3.8, 4) is 0 Å². The van der Waals surface area contributed by atoms with Crippen LogP contribution in [-0.2, 0) is 18.3 Å². The average molecular weight is 190 g/mol. The van der Waals surface area contributed by atoms with Gasteiger partial charge in [0.25, 0.3) is 0 Å². The van der Waals surface area contributed by atoms with Gasteiger partial charge in [0.15, 0.2) is 0 Å². The number of aromatic nitrogens is 2. The monoisotopic (exact) mass is 190 g/mol. The maximum Gasteiger partial charge on any atom is 0.309 e. The van der Waals surface area contributed by atoms with Gasteiger partial charge in [0.2, 0.25) is 0 Å². The molecule has 1 N–H and O–H groups in total. The van der Waals surface area contributed by atoms with Crippen molar-refractivity contribution in [3.05, 3.63) is 30.2 Å². The lowest BCUT2D eigenvalue weighted by Gasteiger charge is -1.98. The summed E-state index contributed by atoms with van der Waals surface area (Å²) in [6.07, 6.45) is 3.61. The van der Waals surface area contributed by atoms with Gasteiger partial charge in [-0.25, -0.2) is 0 Å². The molecule has 2 heterocycles. The predicted molar refractivity (Wildman–Crippen MR) is 52.1 cm³/mol. The smallest absolute Gasteiger partial charge is 0.309 e. The lowest BCUT2D eigenvalue weighted by Crippen LogP contribution is -2.01. The number of pyridine rings is 1. The van der Waals surface area contributed by atoms with Gasteiger partial charge in [0, 0.05) is 18.6 Å². The molecular formula is C10H10N2O2. The lowest BCUT2D eigenvalue weighted by molar-refractivity contribution is -0.136. The summed E-state index contributed by atoms with van der Waals surface area (Å²) < 4.78 is 1.95. The van der Waals surface area contributed by atoms with Gasteiger partial charge < -0.3 is 9.67 Å². The van der Waals surface area contributed by atoms with Crippen molar-refractivity contribution in [2.45, 2.75) is 6.42 Å². The summed E-state index contributed by atoms with van der Waals surface area (Å²) in [5, 5.41) is 9.63. The Balaban J connectivity index is 2.46. The molecule has 4 nitrogen and oxygen atoms in total. The number of carboxylic acids is 1. The minimum Gasteiger partial charge on any atom is -0.481 e. The second-order valence-corrected chi connectivity index (χ2v) is 3.23. The third-order valence-corrected chi connectivity index (χ3v) is 2.16. The SMILES string of the molecule is Cn1ccc2cc(CC(=O)O)ncc21. The van der Waals surface area contributed by atoms with E-state index in [1.54, 1.807) is 6.20 Å². The quantitative estimate of drug-likeness (QED) is 0.774. The Labute approximate surface area is 80.8 Å². The number of hydrogen-bond donors (Lipinski definition) is 1. The molecule has 0 amide bonds. The molecule has 14 heavy (non-hydrogen) atoms. The third-order valence-electron chi connectivity index (χ3n) is 2.16. The first-order valence-electron chi connectivity index (χ1n) is 4.28. The Morgan fingerprint density at radius 1 is 1.64 bits per heavy atom. The maximum absolute atomic E-state index is 10.5. The molecule has 0 aliphatic rings. The van der Waals surface area contributed by atoms with Crippen LogP contribution >= 0.6 is 0 Å². The van der Waals surface area contributed by atoms with E-state index < -0.39 is 5.97 Å². The van der Waals surface area contributed by atoms with E-state index in [1.165, 1.54) is 0 Å². The van der Waals surface area contributed by atoms with Crippen molar-refractivity contribution in [2.24, 2.45) is 7.05 Å². The molecule has 0 bridgehead atoms. The summed E-state index contributed by atoms with van der Waals surface area (Å²) in [5.41, 5.74) is 1.61. The van der Waals surface area contributed by atoms with Crippen LogP contribution in [0.25, 0.3) is 10.9 Å². The summed E-state index contributed by atoms with van der Waals surface area (Å²) in [7, 11) is 1.93. The fourth-order valence-electron chi connectivity index (χ4n) is 1.46. The molecule has 0 saturated carbocycles. The average Bonchev–Trinajstić information content (AvgIpc) is 2.46. The van der Waals surface area contributed by atoms with Crippen LogP contribution in [-0.4, -0.2) is 20.6 Å². The van der Waals surface area contributed by atoms with Crippen LogP contribution in [0.5, 0.6) is 0 Å². The van der Waals surface area contributed by atoms with Gasteiger partial charge in [-0.3, -0.25) is 9.78 Å². The summed E-state index contributed by atoms with van der Waals surface area (Å²) in [6, 6.07) is 3.76. The Morgan fingerprint density at radius 3 is 3.14 bits per heavy atom. The van der Waals surface area contributed by atoms with E-state index >= 15 is 0 Å². The number of nitrogens with zero attached hydrogens (tertiary/aromatic N) is 2. The molecule has 2 aromatic rings. The van der Waals surface area contributed by atoms with Crippen LogP contribution in [0.1, 0.15) is 5.69 Å². The van der Waals surface area contributed by atoms with Gasteiger partial charge in [0.05, 0.1) is 23.8 Å². The molecule has 2 rings (SSSR count). The van der Waals surface area contributed by atoms with E-state index in [4.69, 9.17) is 5.11 Å². The summed E-state index contributed by atoms with van der Waals surface area (Å²) in [5.74, 6) is -0.854. The largest absolute Gasteiger partial charge is 0.481 e. The van der Waals surface area contributed by atoms with Crippen molar-refractivity contribution in [1.82, 2.24) is 9.55 Å². The fourth-order valence-corrected chi connectivity index (χ4v) is 1.46. The number of carboxylic acid groups (broad SMARTS) is 1. The number of fused-ring (bicyclic) bond motifs is 1. The van der Waals surface area contributed by atoms with E-state index in [1.807, 2.05) is 29.9 Å². The maximum atomic E-state index is 10.5. The Hall–Kier alpha value is -1.84. The normalized spacial score (nSPS) is 10.6. The van der Waals surface area contributed by atoms with Crippen LogP contribution in [0.15, 0.2) is 24.5 Å². The van der Waals surface area contributed by atoms with Crippen LogP contribution < -0.4 is 0 Å². The highest BCUT2D eigenvalue weighted by Gasteiger charge is 2.04. The van der Waals surface area contributed by atoms with Gasteiger partial charge in [-0.2, -0.15) is 0 Å². The fraction of sp³-hybridized carbons (Fsp3) is 0.200. The first kappa shape index (κ1) is 8.74. The van der Waals surface area contributed by atoms with Crippen molar-refractivity contribution in [1.29, 1.82) is 0 Å². The van der Waals surface area contributed by atoms with E-state index in [0.29, 0.717) is 5.69 Å². The molecule has 4 heteroatoms. The number of carbonyl (C=O) groups is 1. The first-order chi connectivity index (χ1) is 6.66. The lowest BCUT2D eigenvalue weighted by atomic mass is 10.2. The van der Waals surface area contributed by atoms with Crippen LogP contribution in [0.4, 0.5) is 0 Å². The van der Waals surface area contributed by atoms with Crippen LogP contribution in [0, 0.1) is 0 Å². The summed E-state index contributed by atoms with van der Waals surface area (Å²) >= 11 is 0. The molecule has 72 valence electrons. The molecule has 0 saturated heterocycles. The Morgan fingerprint density at radius 2 is 2.43 bits per heavy atom. The zero-order valence-electron chi connectivity index (χ0n) is 7.77. The molecule has 0 atom stereocenters. The number of aryl methyl sites for hydroxylation is 1. The van der Waals surface area contributed by atoms with E-state index in [9.17, 15) is 4.79 Å². The van der Waals surface area contributed by atoms with Gasteiger partial charge >= 0.3 is 5.97 Å². The van der Waals surface area contributed by atoms with Gasteiger partial charge in [-0.15, -0.1) is 0 Å². The van der Waals surface area contributed by atoms with Gasteiger partial charge in [0.1, 0.15) is 0 Å². The topological polar surface area (TPSA) is 55.1 Å². The van der Waals surface area contributed by atoms with E-state index in [2.05, 4.69) is 4.98 Å². The standard InChI is InChI=1S/C10H10N2O2/c1-12-3-2-7-4-8(5-10(13)14)11-6-9(7)12/h2-4,6H,5H2,1H3,(H,13,14). The van der Waals surface area contributed by atoms with E-state index in [0.717, 1.165) is 10.9 Å². The molecular weight excluding hydrogens is 180 g/mol. The highest BCUT2D eigenvalue weighted by atomic mass is 16.4. The summed E-state index contributed by atoms with van der Waals surface area (Å²) in [4.78, 5) is 14.5. The molecule has 0 aliphatic carbocycles. The van der Waals surface area contributed by atoms with E-state index in [-0.39, 0.29) is 6.42 Å².